The van der Waals surface area contributed by atoms with E-state index < -0.39 is 0 Å². The molecule has 2 nitrogen and oxygen atoms in total. The largest absolute Gasteiger partial charge is 0.330 e. The minimum absolute atomic E-state index is 0.439. The van der Waals surface area contributed by atoms with Crippen molar-refractivity contribution in [1.82, 2.24) is 4.90 Å². The highest BCUT2D eigenvalue weighted by atomic mass is 15.2. The van der Waals surface area contributed by atoms with Crippen LogP contribution in [0, 0.1) is 11.8 Å². The first-order chi connectivity index (χ1) is 5.69. The van der Waals surface area contributed by atoms with Gasteiger partial charge in [-0.25, -0.2) is 0 Å². The molecule has 12 heavy (non-hydrogen) atoms. The minimum atomic E-state index is 0.439. The number of nitrogens with two attached hydrogens (primary N) is 1. The molecule has 2 aliphatic rings. The predicted octanol–water partition coefficient (Wildman–Crippen LogP) is 1.07. The Balaban J connectivity index is 2.16. The second kappa shape index (κ2) is 2.71. The number of hydrogen-bond acceptors (Lipinski definition) is 2. The second-order valence-corrected chi connectivity index (χ2v) is 4.64. The summed E-state index contributed by atoms with van der Waals surface area (Å²) in [5.41, 5.74) is 6.25. The minimum Gasteiger partial charge on any atom is -0.330 e. The smallest absolute Gasteiger partial charge is 0.0247 e. The molecule has 2 heteroatoms. The summed E-state index contributed by atoms with van der Waals surface area (Å²) in [7, 11) is 2.26. The molecule has 2 atom stereocenters. The molecule has 1 aliphatic carbocycles. The third kappa shape index (κ3) is 1.01. The normalized spacial score (nSPS) is 43.8. The fraction of sp³-hybridized carbons (Fsp3) is 1.00. The summed E-state index contributed by atoms with van der Waals surface area (Å²) >= 11 is 0. The lowest BCUT2D eigenvalue weighted by Crippen LogP contribution is -2.47. The van der Waals surface area contributed by atoms with E-state index in [1.54, 1.807) is 0 Å². The van der Waals surface area contributed by atoms with E-state index in [1.165, 1.54) is 25.8 Å². The third-order valence-corrected chi connectivity index (χ3v) is 4.15. The molecule has 0 radical (unpaired) electrons. The van der Waals surface area contributed by atoms with Crippen molar-refractivity contribution in [2.75, 3.05) is 20.1 Å². The van der Waals surface area contributed by atoms with Gasteiger partial charge in [0.05, 0.1) is 0 Å². The molecule has 0 bridgehead atoms. The van der Waals surface area contributed by atoms with Crippen LogP contribution in [-0.2, 0) is 0 Å². The molecule has 70 valence electrons. The number of likely N-dealkylation sites (tertiary alicyclic amines) is 1. The van der Waals surface area contributed by atoms with E-state index in [2.05, 4.69) is 18.9 Å². The van der Waals surface area contributed by atoms with Gasteiger partial charge in [-0.2, -0.15) is 0 Å². The Bertz CT molecular complexity index is 177. The second-order valence-electron chi connectivity index (χ2n) is 4.64. The molecule has 0 spiro atoms. The summed E-state index contributed by atoms with van der Waals surface area (Å²) in [6, 6.07) is 0. The van der Waals surface area contributed by atoms with Crippen molar-refractivity contribution in [2.24, 2.45) is 17.6 Å². The Hall–Kier alpha value is -0.0800. The molecule has 0 aromatic rings. The zero-order valence-electron chi connectivity index (χ0n) is 8.21. The van der Waals surface area contributed by atoms with Crippen molar-refractivity contribution < 1.29 is 0 Å². The molecule has 0 amide bonds. The molecule has 0 aromatic carbocycles. The summed E-state index contributed by atoms with van der Waals surface area (Å²) in [6.07, 6.45) is 4.16. The molecule has 2 unspecified atom stereocenters. The lowest BCUT2D eigenvalue weighted by Gasteiger charge is -2.37. The van der Waals surface area contributed by atoms with Gasteiger partial charge >= 0.3 is 0 Å². The molecule has 1 heterocycles. The highest BCUT2D eigenvalue weighted by molar-refractivity contribution is 5.06. The zero-order valence-corrected chi connectivity index (χ0v) is 8.21. The van der Waals surface area contributed by atoms with Crippen LogP contribution in [0.5, 0.6) is 0 Å². The molecule has 1 saturated carbocycles. The van der Waals surface area contributed by atoms with Gasteiger partial charge < -0.3 is 10.6 Å². The number of nitrogens with zero attached hydrogens (tertiary/aromatic N) is 1. The van der Waals surface area contributed by atoms with Gasteiger partial charge in [0.25, 0.3) is 0 Å². The van der Waals surface area contributed by atoms with E-state index in [-0.39, 0.29) is 0 Å². The maximum Gasteiger partial charge on any atom is 0.0247 e. The summed E-state index contributed by atoms with van der Waals surface area (Å²) in [6.45, 7) is 4.53. The van der Waals surface area contributed by atoms with Crippen molar-refractivity contribution in [2.45, 2.75) is 31.7 Å². The van der Waals surface area contributed by atoms with Gasteiger partial charge in [-0.1, -0.05) is 0 Å². The average molecular weight is 168 g/mol. The van der Waals surface area contributed by atoms with Crippen LogP contribution in [0.1, 0.15) is 26.2 Å². The van der Waals surface area contributed by atoms with Crippen LogP contribution in [-0.4, -0.2) is 30.6 Å². The lowest BCUT2D eigenvalue weighted by atomic mass is 9.82. The Labute approximate surface area is 75.1 Å². The Morgan fingerprint density at radius 1 is 1.42 bits per heavy atom. The molecule has 2 N–H and O–H groups in total. The van der Waals surface area contributed by atoms with E-state index in [0.717, 1.165) is 18.4 Å². The topological polar surface area (TPSA) is 29.3 Å². The molecule has 2 fully saturated rings. The zero-order chi connectivity index (χ0) is 8.77. The summed E-state index contributed by atoms with van der Waals surface area (Å²) in [4.78, 5) is 2.53. The molecule has 2 rings (SSSR count). The van der Waals surface area contributed by atoms with E-state index in [4.69, 9.17) is 5.73 Å². The quantitative estimate of drug-likeness (QED) is 0.668. The van der Waals surface area contributed by atoms with Crippen LogP contribution in [0.15, 0.2) is 0 Å². The van der Waals surface area contributed by atoms with Gasteiger partial charge in [0, 0.05) is 5.54 Å². The van der Waals surface area contributed by atoms with Crippen LogP contribution < -0.4 is 5.73 Å². The third-order valence-electron chi connectivity index (χ3n) is 4.15. The lowest BCUT2D eigenvalue weighted by molar-refractivity contribution is 0.125. The Kier molecular flexibility index (Phi) is 1.92. The maximum absolute atomic E-state index is 5.81. The Morgan fingerprint density at radius 2 is 2.08 bits per heavy atom. The van der Waals surface area contributed by atoms with Gasteiger partial charge in [-0.15, -0.1) is 0 Å². The van der Waals surface area contributed by atoms with Gasteiger partial charge in [-0.05, 0) is 58.2 Å². The molecular formula is C10H20N2. The van der Waals surface area contributed by atoms with Crippen LogP contribution in [0.2, 0.25) is 0 Å². The predicted molar refractivity (Wildman–Crippen MR) is 50.9 cm³/mol. The SMILES string of the molecule is CN1CCC(CN)C1(C)C1CC1. The molecule has 1 aliphatic heterocycles. The number of rotatable bonds is 2. The van der Waals surface area contributed by atoms with Gasteiger partial charge in [-0.3, -0.25) is 0 Å². The highest BCUT2D eigenvalue weighted by Gasteiger charge is 2.51. The van der Waals surface area contributed by atoms with Crippen molar-refractivity contribution in [3.05, 3.63) is 0 Å². The summed E-state index contributed by atoms with van der Waals surface area (Å²) in [5.74, 6) is 1.69. The molecular weight excluding hydrogens is 148 g/mol. The standard InChI is InChI=1S/C10H20N2/c1-10(8-3-4-8)9(7-11)5-6-12(10)2/h8-9H,3-7,11H2,1-2H3. The van der Waals surface area contributed by atoms with Gasteiger partial charge in [0.2, 0.25) is 0 Å². The van der Waals surface area contributed by atoms with Crippen molar-refractivity contribution in [3.8, 4) is 0 Å². The van der Waals surface area contributed by atoms with E-state index >= 15 is 0 Å². The first-order valence-corrected chi connectivity index (χ1v) is 5.11. The summed E-state index contributed by atoms with van der Waals surface area (Å²) < 4.78 is 0. The monoisotopic (exact) mass is 168 g/mol. The van der Waals surface area contributed by atoms with E-state index in [9.17, 15) is 0 Å². The highest BCUT2D eigenvalue weighted by Crippen LogP contribution is 2.50. The van der Waals surface area contributed by atoms with E-state index in [1.807, 2.05) is 0 Å². The number of hydrogen-bond donors (Lipinski definition) is 1. The maximum atomic E-state index is 5.81. The Morgan fingerprint density at radius 3 is 2.58 bits per heavy atom. The van der Waals surface area contributed by atoms with Gasteiger partial charge in [0.1, 0.15) is 0 Å². The fourth-order valence-electron chi connectivity index (χ4n) is 2.86. The average Bonchev–Trinajstić information content (AvgIpc) is 2.83. The van der Waals surface area contributed by atoms with Gasteiger partial charge in [0.15, 0.2) is 0 Å². The van der Waals surface area contributed by atoms with Crippen molar-refractivity contribution >= 4 is 0 Å². The van der Waals surface area contributed by atoms with Crippen molar-refractivity contribution in [3.63, 3.8) is 0 Å². The first-order valence-electron chi connectivity index (χ1n) is 5.11. The van der Waals surface area contributed by atoms with Crippen molar-refractivity contribution in [1.29, 1.82) is 0 Å². The van der Waals surface area contributed by atoms with Crippen LogP contribution in [0.3, 0.4) is 0 Å². The summed E-state index contributed by atoms with van der Waals surface area (Å²) in [5, 5.41) is 0. The van der Waals surface area contributed by atoms with E-state index in [0.29, 0.717) is 5.54 Å². The van der Waals surface area contributed by atoms with Crippen LogP contribution in [0.4, 0.5) is 0 Å². The van der Waals surface area contributed by atoms with Crippen LogP contribution in [0.25, 0.3) is 0 Å². The molecule has 1 saturated heterocycles. The fourth-order valence-corrected chi connectivity index (χ4v) is 2.86. The molecule has 0 aromatic heterocycles. The van der Waals surface area contributed by atoms with Crippen LogP contribution >= 0.6 is 0 Å². The first kappa shape index (κ1) is 8.52.